The van der Waals surface area contributed by atoms with Crippen molar-refractivity contribution in [1.29, 1.82) is 0 Å². The van der Waals surface area contributed by atoms with Crippen molar-refractivity contribution < 1.29 is 9.53 Å². The minimum absolute atomic E-state index is 0.105. The van der Waals surface area contributed by atoms with E-state index in [1.165, 1.54) is 11.5 Å². The zero-order chi connectivity index (χ0) is 11.7. The maximum atomic E-state index is 11.8. The number of pyridine rings is 1. The van der Waals surface area contributed by atoms with Gasteiger partial charge in [0.1, 0.15) is 5.75 Å². The van der Waals surface area contributed by atoms with Crippen LogP contribution in [0.3, 0.4) is 0 Å². The summed E-state index contributed by atoms with van der Waals surface area (Å²) in [6, 6.07) is 6.85. The summed E-state index contributed by atoms with van der Waals surface area (Å²) in [5, 5.41) is 1.38. The van der Waals surface area contributed by atoms with Crippen LogP contribution in [-0.4, -0.2) is 10.5 Å². The summed E-state index contributed by atoms with van der Waals surface area (Å²) in [5.74, 6) is -0.00425. The second-order valence-corrected chi connectivity index (χ2v) is 3.57. The van der Waals surface area contributed by atoms with Crippen molar-refractivity contribution in [2.24, 2.45) is 7.05 Å². The van der Waals surface area contributed by atoms with E-state index in [1.807, 2.05) is 6.07 Å². The highest BCUT2D eigenvalue weighted by Gasteiger charge is 2.03. The minimum atomic E-state index is -0.396. The Morgan fingerprint density at radius 3 is 2.75 bits per heavy atom. The third-order valence-corrected chi connectivity index (χ3v) is 2.31. The van der Waals surface area contributed by atoms with E-state index in [0.717, 1.165) is 5.39 Å². The molecule has 1 aromatic heterocycles. The molecular formula is C12H11NO3. The molecule has 0 saturated carbocycles. The van der Waals surface area contributed by atoms with Crippen LogP contribution >= 0.6 is 0 Å². The lowest BCUT2D eigenvalue weighted by Crippen LogP contribution is -2.15. The second-order valence-electron chi connectivity index (χ2n) is 3.57. The fourth-order valence-corrected chi connectivity index (χ4v) is 1.55. The number of aryl methyl sites for hydroxylation is 1. The van der Waals surface area contributed by atoms with Gasteiger partial charge in [0.05, 0.1) is 5.39 Å². The number of nitrogens with zero attached hydrogens (tertiary/aromatic N) is 1. The second kappa shape index (κ2) is 3.81. The van der Waals surface area contributed by atoms with Crippen LogP contribution in [0.15, 0.2) is 35.3 Å². The molecule has 0 unspecified atom stereocenters. The molecule has 0 amide bonds. The van der Waals surface area contributed by atoms with Gasteiger partial charge in [-0.2, -0.15) is 0 Å². The van der Waals surface area contributed by atoms with Crippen LogP contribution < -0.4 is 10.3 Å². The average Bonchev–Trinajstić information content (AvgIpc) is 2.23. The molecule has 0 spiro atoms. The van der Waals surface area contributed by atoms with Gasteiger partial charge in [0.2, 0.25) is 0 Å². The number of fused-ring (bicyclic) bond motifs is 1. The lowest BCUT2D eigenvalue weighted by Gasteiger charge is -2.04. The van der Waals surface area contributed by atoms with Crippen LogP contribution in [0.2, 0.25) is 0 Å². The highest BCUT2D eigenvalue weighted by Crippen LogP contribution is 2.17. The standard InChI is InChI=1S/C12H11NO3/c1-8(14)16-10-4-3-9-5-6-13(2)12(15)11(9)7-10/h3-7H,1-2H3. The first-order valence-electron chi connectivity index (χ1n) is 4.86. The Bertz CT molecular complexity index is 613. The van der Waals surface area contributed by atoms with Crippen molar-refractivity contribution in [3.8, 4) is 5.75 Å². The first-order chi connectivity index (χ1) is 7.58. The van der Waals surface area contributed by atoms with Gasteiger partial charge in [-0.25, -0.2) is 0 Å². The van der Waals surface area contributed by atoms with Gasteiger partial charge in [0.25, 0.3) is 5.56 Å². The predicted molar refractivity (Wildman–Crippen MR) is 60.5 cm³/mol. The van der Waals surface area contributed by atoms with Crippen molar-refractivity contribution >= 4 is 16.7 Å². The molecule has 0 N–H and O–H groups in total. The quantitative estimate of drug-likeness (QED) is 0.536. The van der Waals surface area contributed by atoms with Crippen LogP contribution in [0.4, 0.5) is 0 Å². The van der Waals surface area contributed by atoms with Gasteiger partial charge in [0.15, 0.2) is 0 Å². The number of carbonyl (C=O) groups is 1. The third-order valence-electron chi connectivity index (χ3n) is 2.31. The number of ether oxygens (including phenoxy) is 1. The number of benzene rings is 1. The molecule has 0 aliphatic heterocycles. The van der Waals surface area contributed by atoms with Gasteiger partial charge in [-0.15, -0.1) is 0 Å². The molecule has 0 fully saturated rings. The van der Waals surface area contributed by atoms with E-state index in [-0.39, 0.29) is 5.56 Å². The first kappa shape index (κ1) is 10.4. The number of rotatable bonds is 1. The first-order valence-corrected chi connectivity index (χ1v) is 4.86. The van der Waals surface area contributed by atoms with Crippen LogP contribution in [0, 0.1) is 0 Å². The Labute approximate surface area is 92.1 Å². The van der Waals surface area contributed by atoms with Crippen molar-refractivity contribution in [2.75, 3.05) is 0 Å². The third kappa shape index (κ3) is 1.82. The van der Waals surface area contributed by atoms with E-state index in [2.05, 4.69) is 0 Å². The SMILES string of the molecule is CC(=O)Oc1ccc2ccn(C)c(=O)c2c1. The van der Waals surface area contributed by atoms with E-state index in [4.69, 9.17) is 4.74 Å². The average molecular weight is 217 g/mol. The lowest BCUT2D eigenvalue weighted by molar-refractivity contribution is -0.131. The molecule has 0 saturated heterocycles. The van der Waals surface area contributed by atoms with Crippen molar-refractivity contribution in [3.63, 3.8) is 0 Å². The maximum absolute atomic E-state index is 11.8. The highest BCUT2D eigenvalue weighted by molar-refractivity contribution is 5.83. The number of carbonyl (C=O) groups excluding carboxylic acids is 1. The topological polar surface area (TPSA) is 48.3 Å². The number of aromatic nitrogens is 1. The fourth-order valence-electron chi connectivity index (χ4n) is 1.55. The molecule has 0 bridgehead atoms. The summed E-state index contributed by atoms with van der Waals surface area (Å²) < 4.78 is 6.42. The van der Waals surface area contributed by atoms with Gasteiger partial charge >= 0.3 is 5.97 Å². The summed E-state index contributed by atoms with van der Waals surface area (Å²) in [6.45, 7) is 1.33. The highest BCUT2D eigenvalue weighted by atomic mass is 16.5. The summed E-state index contributed by atoms with van der Waals surface area (Å²) >= 11 is 0. The predicted octanol–water partition coefficient (Wildman–Crippen LogP) is 1.46. The van der Waals surface area contributed by atoms with Gasteiger partial charge < -0.3 is 9.30 Å². The van der Waals surface area contributed by atoms with Gasteiger partial charge in [-0.1, -0.05) is 6.07 Å². The molecule has 82 valence electrons. The zero-order valence-corrected chi connectivity index (χ0v) is 9.06. The monoisotopic (exact) mass is 217 g/mol. The summed E-state index contributed by atoms with van der Waals surface area (Å²) in [6.07, 6.45) is 1.70. The number of esters is 1. The molecule has 0 aliphatic rings. The summed E-state index contributed by atoms with van der Waals surface area (Å²) in [5.41, 5.74) is -0.105. The Morgan fingerprint density at radius 1 is 1.31 bits per heavy atom. The Morgan fingerprint density at radius 2 is 2.06 bits per heavy atom. The summed E-state index contributed by atoms with van der Waals surface area (Å²) in [7, 11) is 1.68. The van der Waals surface area contributed by atoms with Crippen LogP contribution in [0.25, 0.3) is 10.8 Å². The van der Waals surface area contributed by atoms with Crippen molar-refractivity contribution in [3.05, 3.63) is 40.8 Å². The molecule has 2 rings (SSSR count). The van der Waals surface area contributed by atoms with Gasteiger partial charge in [0, 0.05) is 20.2 Å². The van der Waals surface area contributed by atoms with E-state index >= 15 is 0 Å². The fraction of sp³-hybridized carbons (Fsp3) is 0.167. The normalized spacial score (nSPS) is 10.4. The van der Waals surface area contributed by atoms with Gasteiger partial charge in [-0.05, 0) is 23.6 Å². The molecule has 1 heterocycles. The number of hydrogen-bond acceptors (Lipinski definition) is 3. The summed E-state index contributed by atoms with van der Waals surface area (Å²) in [4.78, 5) is 22.6. The van der Waals surface area contributed by atoms with E-state index in [0.29, 0.717) is 11.1 Å². The largest absolute Gasteiger partial charge is 0.427 e. The Kier molecular flexibility index (Phi) is 2.48. The molecule has 1 aromatic carbocycles. The van der Waals surface area contributed by atoms with E-state index in [1.54, 1.807) is 31.4 Å². The molecule has 4 nitrogen and oxygen atoms in total. The number of hydrogen-bond donors (Lipinski definition) is 0. The van der Waals surface area contributed by atoms with Crippen LogP contribution in [0.1, 0.15) is 6.92 Å². The zero-order valence-electron chi connectivity index (χ0n) is 9.06. The van der Waals surface area contributed by atoms with Crippen molar-refractivity contribution in [2.45, 2.75) is 6.92 Å². The lowest BCUT2D eigenvalue weighted by atomic mass is 10.1. The molecule has 0 aliphatic carbocycles. The molecule has 0 atom stereocenters. The minimum Gasteiger partial charge on any atom is -0.427 e. The molecule has 0 radical (unpaired) electrons. The molecular weight excluding hydrogens is 206 g/mol. The van der Waals surface area contributed by atoms with Crippen molar-refractivity contribution in [1.82, 2.24) is 4.57 Å². The Hall–Kier alpha value is -2.10. The molecule has 4 heteroatoms. The van der Waals surface area contributed by atoms with Crippen LogP contribution in [-0.2, 0) is 11.8 Å². The van der Waals surface area contributed by atoms with E-state index < -0.39 is 5.97 Å². The van der Waals surface area contributed by atoms with E-state index in [9.17, 15) is 9.59 Å². The Balaban J connectivity index is 2.64. The molecule has 2 aromatic rings. The van der Waals surface area contributed by atoms with Gasteiger partial charge in [-0.3, -0.25) is 9.59 Å². The van der Waals surface area contributed by atoms with Crippen LogP contribution in [0.5, 0.6) is 5.75 Å². The smallest absolute Gasteiger partial charge is 0.308 e. The molecule has 16 heavy (non-hydrogen) atoms. The maximum Gasteiger partial charge on any atom is 0.308 e.